The Kier molecular flexibility index (Phi) is 5.87. The normalized spacial score (nSPS) is 23.0. The minimum absolute atomic E-state index is 0. The van der Waals surface area contributed by atoms with E-state index in [0.717, 1.165) is 42.5 Å². The van der Waals surface area contributed by atoms with Crippen molar-refractivity contribution in [2.75, 3.05) is 0 Å². The van der Waals surface area contributed by atoms with Gasteiger partial charge in [0.1, 0.15) is 5.82 Å². The van der Waals surface area contributed by atoms with Crippen molar-refractivity contribution in [3.63, 3.8) is 0 Å². The molecular formula is C23H25Cl2FN2O. The van der Waals surface area contributed by atoms with Gasteiger partial charge in [-0.2, -0.15) is 0 Å². The van der Waals surface area contributed by atoms with Crippen molar-refractivity contribution in [1.29, 1.82) is 0 Å². The molecule has 0 saturated heterocycles. The number of fused-ring (bicyclic) bond motifs is 1. The van der Waals surface area contributed by atoms with E-state index in [1.54, 1.807) is 6.07 Å². The molecule has 1 N–H and O–H groups in total. The number of aliphatic hydroxyl groups excluding tert-OH is 1. The minimum Gasteiger partial charge on any atom is -0.387 e. The van der Waals surface area contributed by atoms with Gasteiger partial charge in [-0.15, -0.1) is 12.4 Å². The molecule has 1 atom stereocenters. The van der Waals surface area contributed by atoms with Crippen LogP contribution in [0.4, 0.5) is 4.39 Å². The molecule has 6 heteroatoms. The number of hydrogen-bond donors (Lipinski definition) is 1. The largest absolute Gasteiger partial charge is 0.387 e. The summed E-state index contributed by atoms with van der Waals surface area (Å²) in [5.41, 5.74) is 4.06. The Labute approximate surface area is 181 Å². The third kappa shape index (κ3) is 3.90. The second-order valence-corrected chi connectivity index (χ2v) is 8.80. The quantitative estimate of drug-likeness (QED) is 0.513. The van der Waals surface area contributed by atoms with Gasteiger partial charge in [-0.1, -0.05) is 23.7 Å². The maximum absolute atomic E-state index is 14.3. The fourth-order valence-electron chi connectivity index (χ4n) is 4.88. The number of nitrogens with zero attached hydrogens (tertiary/aromatic N) is 2. The number of pyridine rings is 1. The third-order valence-electron chi connectivity index (χ3n) is 6.57. The second kappa shape index (κ2) is 8.25. The highest BCUT2D eigenvalue weighted by Crippen LogP contribution is 2.47. The SMILES string of the molecule is Cl.O[C@@H](c1c(C2CC2)ccc2cncn12)C1CCC(c2ccc(Cl)cc2F)CC1. The fourth-order valence-corrected chi connectivity index (χ4v) is 5.04. The molecule has 29 heavy (non-hydrogen) atoms. The first-order chi connectivity index (χ1) is 13.6. The van der Waals surface area contributed by atoms with E-state index in [-0.39, 0.29) is 30.1 Å². The maximum Gasteiger partial charge on any atom is 0.128 e. The van der Waals surface area contributed by atoms with E-state index in [4.69, 9.17) is 11.6 Å². The van der Waals surface area contributed by atoms with Gasteiger partial charge in [0.15, 0.2) is 0 Å². The molecule has 0 aliphatic heterocycles. The van der Waals surface area contributed by atoms with E-state index < -0.39 is 6.10 Å². The number of benzene rings is 1. The van der Waals surface area contributed by atoms with Gasteiger partial charge in [-0.25, -0.2) is 9.37 Å². The van der Waals surface area contributed by atoms with E-state index >= 15 is 0 Å². The lowest BCUT2D eigenvalue weighted by Crippen LogP contribution is -2.22. The van der Waals surface area contributed by atoms with Crippen molar-refractivity contribution in [1.82, 2.24) is 9.38 Å². The summed E-state index contributed by atoms with van der Waals surface area (Å²) in [6.45, 7) is 0. The number of imidazole rings is 1. The molecule has 5 rings (SSSR count). The highest BCUT2D eigenvalue weighted by atomic mass is 35.5. The average Bonchev–Trinajstić information content (AvgIpc) is 3.43. The molecule has 0 bridgehead atoms. The predicted octanol–water partition coefficient (Wildman–Crippen LogP) is 6.43. The van der Waals surface area contributed by atoms with Gasteiger partial charge in [-0.3, -0.25) is 0 Å². The van der Waals surface area contributed by atoms with Crippen LogP contribution in [-0.2, 0) is 0 Å². The van der Waals surface area contributed by atoms with E-state index in [0.29, 0.717) is 10.9 Å². The van der Waals surface area contributed by atoms with Crippen molar-refractivity contribution in [3.8, 4) is 0 Å². The summed E-state index contributed by atoms with van der Waals surface area (Å²) in [5, 5.41) is 11.8. The van der Waals surface area contributed by atoms with Gasteiger partial charge in [0.2, 0.25) is 0 Å². The lowest BCUT2D eigenvalue weighted by atomic mass is 9.75. The molecule has 3 nitrogen and oxygen atoms in total. The van der Waals surface area contributed by atoms with Crippen molar-refractivity contribution >= 4 is 29.5 Å². The number of aromatic nitrogens is 2. The summed E-state index contributed by atoms with van der Waals surface area (Å²) >= 11 is 5.89. The van der Waals surface area contributed by atoms with Crippen LogP contribution in [0.3, 0.4) is 0 Å². The Hall–Kier alpha value is -1.62. The molecule has 154 valence electrons. The molecule has 1 aromatic carbocycles. The monoisotopic (exact) mass is 434 g/mol. The fraction of sp³-hybridized carbons (Fsp3) is 0.435. The second-order valence-electron chi connectivity index (χ2n) is 8.36. The van der Waals surface area contributed by atoms with Crippen LogP contribution in [-0.4, -0.2) is 14.5 Å². The lowest BCUT2D eigenvalue weighted by Gasteiger charge is -2.33. The zero-order valence-corrected chi connectivity index (χ0v) is 17.7. The number of halogens is 3. The summed E-state index contributed by atoms with van der Waals surface area (Å²) in [7, 11) is 0. The molecule has 2 fully saturated rings. The Morgan fingerprint density at radius 3 is 2.34 bits per heavy atom. The first-order valence-electron chi connectivity index (χ1n) is 10.2. The predicted molar refractivity (Wildman–Crippen MR) is 115 cm³/mol. The molecule has 2 aliphatic rings. The number of rotatable bonds is 4. The summed E-state index contributed by atoms with van der Waals surface area (Å²) in [4.78, 5) is 4.28. The smallest absolute Gasteiger partial charge is 0.128 e. The standard InChI is InChI=1S/C23H24ClFN2O.ClH/c24-17-7-9-19(21(25)11-17)14-3-5-16(6-4-14)23(28)22-20(15-1-2-15)10-8-18-12-26-13-27(18)22;/h7-16,23,28H,1-6H2;1H/t14?,16?,23-;/m1./s1. The molecule has 0 amide bonds. The van der Waals surface area contributed by atoms with Crippen molar-refractivity contribution in [2.24, 2.45) is 5.92 Å². The van der Waals surface area contributed by atoms with Gasteiger partial charge < -0.3 is 9.51 Å². The summed E-state index contributed by atoms with van der Waals surface area (Å²) in [6, 6.07) is 9.25. The highest BCUT2D eigenvalue weighted by Gasteiger charge is 2.34. The summed E-state index contributed by atoms with van der Waals surface area (Å²) < 4.78 is 16.4. The van der Waals surface area contributed by atoms with E-state index in [1.165, 1.54) is 24.5 Å². The van der Waals surface area contributed by atoms with Crippen LogP contribution in [0.5, 0.6) is 0 Å². The first kappa shape index (κ1) is 20.6. The van der Waals surface area contributed by atoms with Crippen LogP contribution in [0, 0.1) is 11.7 Å². The van der Waals surface area contributed by atoms with Crippen LogP contribution in [0.25, 0.3) is 5.52 Å². The molecular weight excluding hydrogens is 410 g/mol. The zero-order valence-electron chi connectivity index (χ0n) is 16.1. The Balaban J connectivity index is 0.00000205. The topological polar surface area (TPSA) is 37.5 Å². The van der Waals surface area contributed by atoms with Gasteiger partial charge in [0, 0.05) is 5.02 Å². The number of hydrogen-bond acceptors (Lipinski definition) is 2. The van der Waals surface area contributed by atoms with E-state index in [2.05, 4.69) is 21.5 Å². The van der Waals surface area contributed by atoms with E-state index in [9.17, 15) is 9.50 Å². The molecule has 0 unspecified atom stereocenters. The molecule has 2 aromatic heterocycles. The molecule has 2 saturated carbocycles. The number of aliphatic hydroxyl groups is 1. The Morgan fingerprint density at radius 1 is 1.00 bits per heavy atom. The molecule has 2 heterocycles. The van der Waals surface area contributed by atoms with Gasteiger partial charge in [0.05, 0.1) is 29.8 Å². The van der Waals surface area contributed by atoms with Gasteiger partial charge in [-0.05, 0) is 85.6 Å². The van der Waals surface area contributed by atoms with Gasteiger partial charge in [0.25, 0.3) is 0 Å². The molecule has 0 spiro atoms. The van der Waals surface area contributed by atoms with Crippen molar-refractivity contribution in [3.05, 3.63) is 70.5 Å². The van der Waals surface area contributed by atoms with Gasteiger partial charge >= 0.3 is 0 Å². The zero-order chi connectivity index (χ0) is 19.3. The molecule has 3 aromatic rings. The minimum atomic E-state index is -0.510. The lowest BCUT2D eigenvalue weighted by molar-refractivity contribution is 0.0752. The average molecular weight is 435 g/mol. The van der Waals surface area contributed by atoms with Crippen molar-refractivity contribution in [2.45, 2.75) is 56.5 Å². The van der Waals surface area contributed by atoms with Crippen LogP contribution in [0.15, 0.2) is 42.9 Å². The molecule has 0 radical (unpaired) electrons. The van der Waals surface area contributed by atoms with Crippen LogP contribution in [0.1, 0.15) is 73.3 Å². The van der Waals surface area contributed by atoms with E-state index in [1.807, 2.05) is 18.6 Å². The summed E-state index contributed by atoms with van der Waals surface area (Å²) in [6.07, 6.45) is 9.10. The Bertz CT molecular complexity index is 1010. The third-order valence-corrected chi connectivity index (χ3v) is 6.81. The van der Waals surface area contributed by atoms with Crippen LogP contribution in [0.2, 0.25) is 5.02 Å². The van der Waals surface area contributed by atoms with Crippen molar-refractivity contribution < 1.29 is 9.50 Å². The highest BCUT2D eigenvalue weighted by molar-refractivity contribution is 6.30. The first-order valence-corrected chi connectivity index (χ1v) is 10.6. The maximum atomic E-state index is 14.3. The Morgan fingerprint density at radius 2 is 1.66 bits per heavy atom. The molecule has 2 aliphatic carbocycles. The van der Waals surface area contributed by atoms with Crippen LogP contribution < -0.4 is 0 Å². The summed E-state index contributed by atoms with van der Waals surface area (Å²) in [5.74, 6) is 0.747. The van der Waals surface area contributed by atoms with Crippen LogP contribution >= 0.6 is 24.0 Å².